The standard InChI is InChI=1S/C36H46N2O5S2.Li/c1-26-14-17-30(18-15-26)45(41,42)38(22-20-28-11-6-5-7-12-28)25-29-16-19-32(33(24-29)31-13-9-8-10-27(31)2)35(39)37-34(21-23-44-4)36(40)43-3;/h8-10,13-19,24,28,34H,5-7,11-12,20-23,25H2,1-4H3,(H,37,39);/t34-;/m0./s1. The maximum Gasteiger partial charge on any atom is 0.328 e. The van der Waals surface area contributed by atoms with Crippen LogP contribution in [0.3, 0.4) is 0 Å². The number of nitrogens with one attached hydrogen (secondary N) is 1. The number of aryl methyl sites for hydroxylation is 2. The molecule has 7 nitrogen and oxygen atoms in total. The summed E-state index contributed by atoms with van der Waals surface area (Å²) in [5.41, 5.74) is 4.76. The predicted octanol–water partition coefficient (Wildman–Crippen LogP) is 6.78. The molecule has 1 atom stereocenters. The van der Waals surface area contributed by atoms with E-state index in [1.807, 2.05) is 68.6 Å². The molecule has 1 N–H and O–H groups in total. The number of methoxy groups -OCH3 is 1. The molecule has 1 fully saturated rings. The monoisotopic (exact) mass is 657 g/mol. The maximum atomic E-state index is 14.0. The number of nitrogens with zero attached hydrogens (tertiary/aromatic N) is 1. The van der Waals surface area contributed by atoms with Crippen LogP contribution in [0.15, 0.2) is 71.6 Å². The number of rotatable bonds is 14. The molecule has 1 aliphatic rings. The van der Waals surface area contributed by atoms with Crippen molar-refractivity contribution in [1.82, 2.24) is 9.62 Å². The van der Waals surface area contributed by atoms with Gasteiger partial charge in [-0.25, -0.2) is 13.2 Å². The van der Waals surface area contributed by atoms with Crippen molar-refractivity contribution in [3.63, 3.8) is 0 Å². The molecule has 0 saturated heterocycles. The SMILES string of the molecule is COC(=O)[C@H](CCSC)NC(=O)c1ccc(CN(CCC2CCCCC2)S(=O)(=O)c2ccc(C)cc2)cc1-c1ccccc1C.[Li]. The fourth-order valence-corrected chi connectivity index (χ4v) is 7.91. The molecule has 10 heteroatoms. The summed E-state index contributed by atoms with van der Waals surface area (Å²) in [6.07, 6.45) is 9.15. The van der Waals surface area contributed by atoms with Gasteiger partial charge < -0.3 is 10.1 Å². The largest absolute Gasteiger partial charge is 0.467 e. The third-order valence-electron chi connectivity index (χ3n) is 8.69. The number of benzene rings is 3. The number of amides is 1. The number of esters is 1. The number of sulfonamides is 1. The Bertz CT molecular complexity index is 1560. The fraction of sp³-hybridized carbons (Fsp3) is 0.444. The molecular weight excluding hydrogens is 611 g/mol. The normalized spacial score (nSPS) is 14.4. The average Bonchev–Trinajstić information content (AvgIpc) is 3.05. The van der Waals surface area contributed by atoms with Crippen LogP contribution < -0.4 is 5.32 Å². The summed E-state index contributed by atoms with van der Waals surface area (Å²) in [5.74, 6) is 0.353. The second-order valence-corrected chi connectivity index (χ2v) is 14.9. The van der Waals surface area contributed by atoms with Crippen LogP contribution in [0, 0.1) is 19.8 Å². The van der Waals surface area contributed by atoms with E-state index in [9.17, 15) is 18.0 Å². The third-order valence-corrected chi connectivity index (χ3v) is 11.2. The van der Waals surface area contributed by atoms with E-state index in [2.05, 4.69) is 5.32 Å². The predicted molar refractivity (Wildman–Crippen MR) is 189 cm³/mol. The smallest absolute Gasteiger partial charge is 0.328 e. The molecule has 0 unspecified atom stereocenters. The van der Waals surface area contributed by atoms with Crippen molar-refractivity contribution in [2.45, 2.75) is 76.3 Å². The van der Waals surface area contributed by atoms with E-state index in [0.717, 1.165) is 41.5 Å². The van der Waals surface area contributed by atoms with Crippen LogP contribution in [0.1, 0.15) is 72.0 Å². The Kier molecular flexibility index (Phi) is 14.9. The molecule has 1 radical (unpaired) electrons. The minimum absolute atomic E-state index is 0. The molecular formula is C36H46LiN2O5S2. The molecule has 243 valence electrons. The van der Waals surface area contributed by atoms with Crippen LogP contribution in [-0.4, -0.2) is 75.2 Å². The van der Waals surface area contributed by atoms with Gasteiger partial charge in [0.05, 0.1) is 12.0 Å². The maximum absolute atomic E-state index is 14.0. The first-order valence-corrected chi connectivity index (χ1v) is 18.6. The minimum Gasteiger partial charge on any atom is -0.467 e. The molecule has 1 amide bonds. The van der Waals surface area contributed by atoms with Gasteiger partial charge in [-0.15, -0.1) is 0 Å². The molecule has 3 aromatic rings. The van der Waals surface area contributed by atoms with Crippen molar-refractivity contribution in [2.75, 3.05) is 25.7 Å². The van der Waals surface area contributed by atoms with Gasteiger partial charge in [0.15, 0.2) is 0 Å². The van der Waals surface area contributed by atoms with Gasteiger partial charge in [0.1, 0.15) is 6.04 Å². The van der Waals surface area contributed by atoms with Crippen LogP contribution in [0.5, 0.6) is 0 Å². The second kappa shape index (κ2) is 18.1. The van der Waals surface area contributed by atoms with E-state index < -0.39 is 22.0 Å². The molecule has 0 aliphatic heterocycles. The van der Waals surface area contributed by atoms with Crippen molar-refractivity contribution in [3.8, 4) is 11.1 Å². The zero-order valence-electron chi connectivity index (χ0n) is 27.9. The number of ether oxygens (including phenoxy) is 1. The topological polar surface area (TPSA) is 92.8 Å². The van der Waals surface area contributed by atoms with Gasteiger partial charge in [-0.05, 0) is 91.1 Å². The van der Waals surface area contributed by atoms with Crippen molar-refractivity contribution < 1.29 is 22.7 Å². The van der Waals surface area contributed by atoms with Crippen LogP contribution in [0.4, 0.5) is 0 Å². The summed E-state index contributed by atoms with van der Waals surface area (Å²) in [7, 11) is -2.45. The summed E-state index contributed by atoms with van der Waals surface area (Å²) in [6.45, 7) is 4.54. The van der Waals surface area contributed by atoms with Gasteiger partial charge in [0.2, 0.25) is 10.0 Å². The Labute approximate surface area is 291 Å². The summed E-state index contributed by atoms with van der Waals surface area (Å²) in [6, 6.07) is 19.5. The second-order valence-electron chi connectivity index (χ2n) is 12.0. The van der Waals surface area contributed by atoms with Crippen molar-refractivity contribution in [2.24, 2.45) is 5.92 Å². The first-order valence-electron chi connectivity index (χ1n) is 15.8. The van der Waals surface area contributed by atoms with Crippen molar-refractivity contribution in [1.29, 1.82) is 0 Å². The van der Waals surface area contributed by atoms with Gasteiger partial charge in [-0.1, -0.05) is 80.1 Å². The Morgan fingerprint density at radius 1 is 0.978 bits per heavy atom. The van der Waals surface area contributed by atoms with Gasteiger partial charge in [-0.3, -0.25) is 4.79 Å². The van der Waals surface area contributed by atoms with Gasteiger partial charge in [0, 0.05) is 37.5 Å². The van der Waals surface area contributed by atoms with E-state index in [1.54, 1.807) is 34.3 Å². The number of carbonyl (C=O) groups excluding carboxylic acids is 2. The van der Waals surface area contributed by atoms with Gasteiger partial charge in [0.25, 0.3) is 5.91 Å². The molecule has 1 aliphatic carbocycles. The molecule has 3 aromatic carbocycles. The Hall–Kier alpha value is -2.54. The number of hydrogen-bond donors (Lipinski definition) is 1. The van der Waals surface area contributed by atoms with Crippen LogP contribution in [0.2, 0.25) is 0 Å². The summed E-state index contributed by atoms with van der Waals surface area (Å²) in [4.78, 5) is 26.4. The van der Waals surface area contributed by atoms with Gasteiger partial charge >= 0.3 is 5.97 Å². The van der Waals surface area contributed by atoms with Crippen LogP contribution in [0.25, 0.3) is 11.1 Å². The first-order chi connectivity index (χ1) is 21.6. The summed E-state index contributed by atoms with van der Waals surface area (Å²) >= 11 is 1.59. The average molecular weight is 658 g/mol. The molecule has 0 spiro atoms. The molecule has 0 bridgehead atoms. The van der Waals surface area contributed by atoms with Crippen molar-refractivity contribution >= 4 is 52.5 Å². The summed E-state index contributed by atoms with van der Waals surface area (Å²) in [5, 5.41) is 2.88. The molecule has 0 aromatic heterocycles. The Morgan fingerprint density at radius 2 is 1.67 bits per heavy atom. The van der Waals surface area contributed by atoms with Crippen LogP contribution >= 0.6 is 11.8 Å². The van der Waals surface area contributed by atoms with Crippen LogP contribution in [-0.2, 0) is 26.1 Å². The molecule has 46 heavy (non-hydrogen) atoms. The van der Waals surface area contributed by atoms with E-state index >= 15 is 0 Å². The first kappa shape index (κ1) is 37.9. The number of thioether (sulfide) groups is 1. The Balaban J connectivity index is 0.00000576. The zero-order chi connectivity index (χ0) is 32.4. The zero-order valence-corrected chi connectivity index (χ0v) is 29.5. The Morgan fingerprint density at radius 3 is 2.33 bits per heavy atom. The number of hydrogen-bond acceptors (Lipinski definition) is 6. The quantitative estimate of drug-likeness (QED) is 0.152. The minimum atomic E-state index is -3.77. The molecule has 1 saturated carbocycles. The van der Waals surface area contributed by atoms with E-state index in [0.29, 0.717) is 35.8 Å². The van der Waals surface area contributed by atoms with Gasteiger partial charge in [-0.2, -0.15) is 16.1 Å². The van der Waals surface area contributed by atoms with E-state index in [-0.39, 0.29) is 36.2 Å². The van der Waals surface area contributed by atoms with E-state index in [1.165, 1.54) is 26.4 Å². The van der Waals surface area contributed by atoms with Crippen molar-refractivity contribution in [3.05, 3.63) is 89.0 Å². The molecule has 4 rings (SSSR count). The fourth-order valence-electron chi connectivity index (χ4n) is 6.00. The molecule has 0 heterocycles. The number of carbonyl (C=O) groups is 2. The third kappa shape index (κ3) is 9.98. The van der Waals surface area contributed by atoms with E-state index in [4.69, 9.17) is 4.74 Å². The summed E-state index contributed by atoms with van der Waals surface area (Å²) < 4.78 is 34.6.